The van der Waals surface area contributed by atoms with Gasteiger partial charge in [-0.25, -0.2) is 4.79 Å². The van der Waals surface area contributed by atoms with Crippen molar-refractivity contribution in [3.05, 3.63) is 11.6 Å². The fourth-order valence-corrected chi connectivity index (χ4v) is 4.21. The topological polar surface area (TPSA) is 102 Å². The molecule has 2 N–H and O–H groups in total. The average Bonchev–Trinajstić information content (AvgIpc) is 2.95. The third kappa shape index (κ3) is 5.02. The van der Waals surface area contributed by atoms with Crippen molar-refractivity contribution in [2.75, 3.05) is 6.54 Å². The van der Waals surface area contributed by atoms with Crippen LogP contribution in [0.3, 0.4) is 0 Å². The van der Waals surface area contributed by atoms with Crippen LogP contribution in [-0.2, 0) is 19.1 Å². The predicted octanol–water partition coefficient (Wildman–Crippen LogP) is 3.49. The number of aliphatic carboxylic acids is 1. The first-order chi connectivity index (χ1) is 12.7. The molecule has 2 aliphatic rings. The second-order valence-electron chi connectivity index (χ2n) is 8.02. The molecule has 2 aliphatic carbocycles. The van der Waals surface area contributed by atoms with Gasteiger partial charge in [-0.3, -0.25) is 9.59 Å². The first-order valence-corrected chi connectivity index (χ1v) is 9.76. The minimum atomic E-state index is -0.958. The number of carboxylic acid groups (broad SMARTS) is 1. The second kappa shape index (κ2) is 8.76. The zero-order valence-electron chi connectivity index (χ0n) is 16.6. The molecular weight excluding hydrogens is 350 g/mol. The number of esters is 1. The number of carbonyl (C=O) groups is 3. The highest BCUT2D eigenvalue weighted by atomic mass is 16.7. The van der Waals surface area contributed by atoms with Crippen LogP contribution < -0.4 is 5.32 Å². The van der Waals surface area contributed by atoms with E-state index in [0.29, 0.717) is 5.92 Å². The molecule has 0 aliphatic heterocycles. The van der Waals surface area contributed by atoms with Gasteiger partial charge in [-0.05, 0) is 31.1 Å². The summed E-state index contributed by atoms with van der Waals surface area (Å²) in [6, 6.07) is 0. The molecule has 7 nitrogen and oxygen atoms in total. The molecule has 0 saturated heterocycles. The van der Waals surface area contributed by atoms with E-state index >= 15 is 0 Å². The number of alkyl carbamates (subject to hydrolysis) is 1. The Hall–Kier alpha value is -2.05. The summed E-state index contributed by atoms with van der Waals surface area (Å²) >= 11 is 0. The van der Waals surface area contributed by atoms with Gasteiger partial charge in [0.15, 0.2) is 0 Å². The molecule has 0 heterocycles. The average molecular weight is 381 g/mol. The van der Waals surface area contributed by atoms with Gasteiger partial charge in [0.2, 0.25) is 0 Å². The van der Waals surface area contributed by atoms with Crippen LogP contribution in [0, 0.1) is 23.2 Å². The molecule has 0 aromatic carbocycles. The third-order valence-electron chi connectivity index (χ3n) is 5.67. The molecular formula is C20H31NO6. The van der Waals surface area contributed by atoms with Crippen molar-refractivity contribution in [2.24, 2.45) is 23.2 Å². The lowest BCUT2D eigenvalue weighted by Crippen LogP contribution is -2.53. The number of hydrogen-bond acceptors (Lipinski definition) is 5. The van der Waals surface area contributed by atoms with E-state index in [2.05, 4.69) is 18.3 Å². The lowest BCUT2D eigenvalue weighted by molar-refractivity contribution is -0.174. The van der Waals surface area contributed by atoms with Gasteiger partial charge in [-0.2, -0.15) is 0 Å². The van der Waals surface area contributed by atoms with Crippen LogP contribution in [0.25, 0.3) is 0 Å². The van der Waals surface area contributed by atoms with Crippen molar-refractivity contribution < 1.29 is 29.0 Å². The summed E-state index contributed by atoms with van der Waals surface area (Å²) in [5.41, 5.74) is 0.894. The third-order valence-corrected chi connectivity index (χ3v) is 5.67. The number of hydrogen-bond donors (Lipinski definition) is 2. The molecule has 0 bridgehead atoms. The highest BCUT2D eigenvalue weighted by molar-refractivity contribution is 5.71. The number of fused-ring (bicyclic) bond motifs is 1. The molecule has 2 rings (SSSR count). The standard InChI is InChI=1S/C20H31NO6/c1-5-13-7-14-9-20(10-16(22)23,15(14)8-13)11-21-19(25)27-18(12(3)4)26-17(24)6-2/h8,12,14-15,18H,5-7,9-11H2,1-4H3,(H,21,25)(H,22,23)/t14-,15-,18+,20-/m0/s1. The summed E-state index contributed by atoms with van der Waals surface area (Å²) in [7, 11) is 0. The molecule has 0 radical (unpaired) electrons. The molecule has 0 aromatic rings. The number of carboxylic acids is 1. The van der Waals surface area contributed by atoms with E-state index in [1.165, 1.54) is 5.57 Å². The van der Waals surface area contributed by atoms with Gasteiger partial charge < -0.3 is 19.9 Å². The summed E-state index contributed by atoms with van der Waals surface area (Å²) in [6.07, 6.45) is 3.54. The molecule has 152 valence electrons. The van der Waals surface area contributed by atoms with Crippen LogP contribution in [0.5, 0.6) is 0 Å². The molecule has 27 heavy (non-hydrogen) atoms. The van der Waals surface area contributed by atoms with Crippen molar-refractivity contribution in [1.82, 2.24) is 5.32 Å². The van der Waals surface area contributed by atoms with Crippen molar-refractivity contribution in [3.63, 3.8) is 0 Å². The Balaban J connectivity index is 1.97. The lowest BCUT2D eigenvalue weighted by atomic mass is 9.53. The smallest absolute Gasteiger partial charge is 0.410 e. The van der Waals surface area contributed by atoms with Gasteiger partial charge in [0.1, 0.15) is 0 Å². The van der Waals surface area contributed by atoms with Gasteiger partial charge in [-0.15, -0.1) is 0 Å². The van der Waals surface area contributed by atoms with Gasteiger partial charge in [0, 0.05) is 24.3 Å². The molecule has 0 aromatic heterocycles. The fraction of sp³-hybridized carbons (Fsp3) is 0.750. The fourth-order valence-electron chi connectivity index (χ4n) is 4.21. The van der Waals surface area contributed by atoms with Gasteiger partial charge in [-0.1, -0.05) is 39.3 Å². The Morgan fingerprint density at radius 3 is 2.56 bits per heavy atom. The first kappa shape index (κ1) is 21.3. The van der Waals surface area contributed by atoms with E-state index in [9.17, 15) is 19.5 Å². The second-order valence-corrected chi connectivity index (χ2v) is 8.02. The molecule has 0 unspecified atom stereocenters. The zero-order chi connectivity index (χ0) is 20.2. The molecule has 1 saturated carbocycles. The maximum atomic E-state index is 12.2. The molecule has 7 heteroatoms. The van der Waals surface area contributed by atoms with E-state index in [1.807, 2.05) is 0 Å². The number of amides is 1. The summed E-state index contributed by atoms with van der Waals surface area (Å²) in [6.45, 7) is 7.59. The number of carbonyl (C=O) groups excluding carboxylic acids is 2. The summed E-state index contributed by atoms with van der Waals surface area (Å²) in [5, 5.41) is 12.1. The lowest BCUT2D eigenvalue weighted by Gasteiger charge is -2.51. The molecule has 4 atom stereocenters. The van der Waals surface area contributed by atoms with Crippen LogP contribution in [-0.4, -0.2) is 36.0 Å². The zero-order valence-corrected chi connectivity index (χ0v) is 16.6. The minimum absolute atomic E-state index is 0.0143. The Bertz CT molecular complexity index is 614. The van der Waals surface area contributed by atoms with Gasteiger partial charge >= 0.3 is 18.0 Å². The number of ether oxygens (including phenoxy) is 2. The van der Waals surface area contributed by atoms with Crippen LogP contribution in [0.4, 0.5) is 4.79 Å². The van der Waals surface area contributed by atoms with E-state index in [-0.39, 0.29) is 31.2 Å². The largest absolute Gasteiger partial charge is 0.481 e. The normalized spacial score (nSPS) is 27.2. The van der Waals surface area contributed by atoms with Crippen LogP contribution in [0.1, 0.15) is 59.8 Å². The van der Waals surface area contributed by atoms with Gasteiger partial charge in [0.05, 0.1) is 6.42 Å². The van der Waals surface area contributed by atoms with Gasteiger partial charge in [0.25, 0.3) is 6.29 Å². The van der Waals surface area contributed by atoms with Crippen molar-refractivity contribution in [3.8, 4) is 0 Å². The number of rotatable bonds is 9. The van der Waals surface area contributed by atoms with E-state index in [0.717, 1.165) is 19.3 Å². The molecule has 0 spiro atoms. The highest BCUT2D eigenvalue weighted by Crippen LogP contribution is 2.59. The van der Waals surface area contributed by atoms with E-state index in [4.69, 9.17) is 9.47 Å². The van der Waals surface area contributed by atoms with E-state index < -0.39 is 29.7 Å². The Morgan fingerprint density at radius 2 is 2.00 bits per heavy atom. The Kier molecular flexibility index (Phi) is 6.89. The summed E-state index contributed by atoms with van der Waals surface area (Å²) < 4.78 is 10.4. The van der Waals surface area contributed by atoms with Crippen molar-refractivity contribution in [1.29, 1.82) is 0 Å². The molecule has 1 fully saturated rings. The predicted molar refractivity (Wildman–Crippen MR) is 98.8 cm³/mol. The van der Waals surface area contributed by atoms with Crippen LogP contribution >= 0.6 is 0 Å². The minimum Gasteiger partial charge on any atom is -0.481 e. The highest BCUT2D eigenvalue weighted by Gasteiger charge is 2.55. The first-order valence-electron chi connectivity index (χ1n) is 9.76. The van der Waals surface area contributed by atoms with Crippen LogP contribution in [0.15, 0.2) is 11.6 Å². The Morgan fingerprint density at radius 1 is 1.30 bits per heavy atom. The van der Waals surface area contributed by atoms with Crippen LogP contribution in [0.2, 0.25) is 0 Å². The Labute approximate surface area is 160 Å². The van der Waals surface area contributed by atoms with E-state index in [1.54, 1.807) is 20.8 Å². The summed E-state index contributed by atoms with van der Waals surface area (Å²) in [5.74, 6) is -0.821. The maximum Gasteiger partial charge on any atom is 0.410 e. The number of nitrogens with one attached hydrogen (secondary N) is 1. The molecule has 1 amide bonds. The SMILES string of the molecule is CCC(=O)O[C@H](OC(=O)NC[C@@]1(CC(=O)O)C[C@@H]2CC(CC)=C[C@@H]21)C(C)C. The monoisotopic (exact) mass is 381 g/mol. The van der Waals surface area contributed by atoms with Crippen molar-refractivity contribution >= 4 is 18.0 Å². The van der Waals surface area contributed by atoms with Crippen molar-refractivity contribution in [2.45, 2.75) is 66.1 Å². The number of allylic oxidation sites excluding steroid dienone is 2. The maximum absolute atomic E-state index is 12.2. The summed E-state index contributed by atoms with van der Waals surface area (Å²) in [4.78, 5) is 35.1. The quantitative estimate of drug-likeness (QED) is 0.360.